The summed E-state index contributed by atoms with van der Waals surface area (Å²) in [4.78, 5) is 12.1. The second-order valence-electron chi connectivity index (χ2n) is 3.44. The summed E-state index contributed by atoms with van der Waals surface area (Å²) >= 11 is 1.41. The van der Waals surface area contributed by atoms with Crippen LogP contribution in [0.15, 0.2) is 36.4 Å². The number of carbonyl (C=O) groups excluding carboxylic acids is 1. The first-order chi connectivity index (χ1) is 7.78. The molecule has 0 spiro atoms. The van der Waals surface area contributed by atoms with Gasteiger partial charge in [0.2, 0.25) is 0 Å². The average molecular weight is 226 g/mol. The van der Waals surface area contributed by atoms with E-state index in [4.69, 9.17) is 0 Å². The summed E-state index contributed by atoms with van der Waals surface area (Å²) in [6.07, 6.45) is 0.849. The molecule has 78 valence electrons. The fraction of sp³-hybridized carbons (Fsp3) is 0.0714. The highest BCUT2D eigenvalue weighted by Crippen LogP contribution is 2.13. The molecule has 1 aromatic heterocycles. The lowest BCUT2D eigenvalue weighted by atomic mass is 10.1. The van der Waals surface area contributed by atoms with E-state index in [0.717, 1.165) is 16.7 Å². The molecule has 0 radical (unpaired) electrons. The van der Waals surface area contributed by atoms with Gasteiger partial charge in [0.05, 0.1) is 9.75 Å². The third-order valence-electron chi connectivity index (χ3n) is 2.12. The Labute approximate surface area is 98.7 Å². The Morgan fingerprint density at radius 2 is 1.81 bits per heavy atom. The lowest BCUT2D eigenvalue weighted by Gasteiger charge is -1.90. The Morgan fingerprint density at radius 1 is 1.06 bits per heavy atom. The first-order valence-electron chi connectivity index (χ1n) is 4.91. The highest BCUT2D eigenvalue weighted by molar-refractivity contribution is 7.14. The molecule has 2 aromatic rings. The van der Waals surface area contributed by atoms with Crippen molar-refractivity contribution in [3.05, 3.63) is 57.3 Å². The van der Waals surface area contributed by atoms with E-state index >= 15 is 0 Å². The highest BCUT2D eigenvalue weighted by atomic mass is 32.1. The molecule has 1 heterocycles. The van der Waals surface area contributed by atoms with Crippen LogP contribution in [-0.4, -0.2) is 6.29 Å². The number of thiophene rings is 1. The first kappa shape index (κ1) is 10.7. The molecule has 0 aliphatic carbocycles. The molecule has 1 nitrogen and oxygen atoms in total. The van der Waals surface area contributed by atoms with Gasteiger partial charge in [0.15, 0.2) is 6.29 Å². The summed E-state index contributed by atoms with van der Waals surface area (Å²) in [6, 6.07) is 11.7. The molecule has 16 heavy (non-hydrogen) atoms. The van der Waals surface area contributed by atoms with Crippen molar-refractivity contribution in [1.29, 1.82) is 0 Å². The van der Waals surface area contributed by atoms with Crippen LogP contribution in [0.3, 0.4) is 0 Å². The number of benzene rings is 1. The second kappa shape index (κ2) is 4.78. The lowest BCUT2D eigenvalue weighted by Crippen LogP contribution is -1.74. The largest absolute Gasteiger partial charge is 0.297 e. The zero-order valence-electron chi connectivity index (χ0n) is 8.86. The standard InChI is InChI=1S/C14H10OS/c1-11-2-4-12(5-3-11)6-7-13-8-9-14(10-15)16-13/h2-5,8-10H,1H3. The van der Waals surface area contributed by atoms with Gasteiger partial charge in [-0.3, -0.25) is 4.79 Å². The summed E-state index contributed by atoms with van der Waals surface area (Å²) in [5, 5.41) is 0. The topological polar surface area (TPSA) is 17.1 Å². The molecule has 0 aliphatic heterocycles. The van der Waals surface area contributed by atoms with Gasteiger partial charge in [0.1, 0.15) is 0 Å². The fourth-order valence-corrected chi connectivity index (χ4v) is 1.93. The van der Waals surface area contributed by atoms with Crippen LogP contribution >= 0.6 is 11.3 Å². The van der Waals surface area contributed by atoms with E-state index < -0.39 is 0 Å². The van der Waals surface area contributed by atoms with Gasteiger partial charge in [0.25, 0.3) is 0 Å². The lowest BCUT2D eigenvalue weighted by molar-refractivity contribution is 0.112. The third kappa shape index (κ3) is 2.59. The Hall–Kier alpha value is -1.85. The van der Waals surface area contributed by atoms with Crippen LogP contribution < -0.4 is 0 Å². The number of rotatable bonds is 1. The van der Waals surface area contributed by atoms with Crippen LogP contribution in [0, 0.1) is 18.8 Å². The summed E-state index contributed by atoms with van der Waals surface area (Å²) < 4.78 is 0. The zero-order chi connectivity index (χ0) is 11.4. The summed E-state index contributed by atoms with van der Waals surface area (Å²) in [5.74, 6) is 6.11. The normalized spacial score (nSPS) is 9.31. The average Bonchev–Trinajstić information content (AvgIpc) is 2.76. The van der Waals surface area contributed by atoms with Crippen LogP contribution in [0.4, 0.5) is 0 Å². The second-order valence-corrected chi connectivity index (χ2v) is 4.55. The number of hydrogen-bond acceptors (Lipinski definition) is 2. The molecule has 0 fully saturated rings. The predicted molar refractivity (Wildman–Crippen MR) is 66.9 cm³/mol. The number of aryl methyl sites for hydroxylation is 1. The maximum Gasteiger partial charge on any atom is 0.160 e. The molecule has 0 N–H and O–H groups in total. The van der Waals surface area contributed by atoms with Crippen LogP contribution in [0.2, 0.25) is 0 Å². The molecule has 0 atom stereocenters. The quantitative estimate of drug-likeness (QED) is 0.539. The third-order valence-corrected chi connectivity index (χ3v) is 3.05. The van der Waals surface area contributed by atoms with Crippen molar-refractivity contribution < 1.29 is 4.79 Å². The van der Waals surface area contributed by atoms with Gasteiger partial charge in [-0.1, -0.05) is 29.5 Å². The Morgan fingerprint density at radius 3 is 2.44 bits per heavy atom. The molecular formula is C14H10OS. The van der Waals surface area contributed by atoms with Gasteiger partial charge >= 0.3 is 0 Å². The Kier molecular flexibility index (Phi) is 3.19. The van der Waals surface area contributed by atoms with Crippen LogP contribution in [0.1, 0.15) is 25.7 Å². The van der Waals surface area contributed by atoms with Gasteiger partial charge in [0, 0.05) is 5.56 Å². The van der Waals surface area contributed by atoms with Crippen molar-refractivity contribution in [3.63, 3.8) is 0 Å². The number of aldehydes is 1. The molecule has 1 aromatic carbocycles. The fourth-order valence-electron chi connectivity index (χ4n) is 1.25. The molecule has 0 bridgehead atoms. The molecule has 0 amide bonds. The van der Waals surface area contributed by atoms with Crippen molar-refractivity contribution in [2.45, 2.75) is 6.92 Å². The minimum absolute atomic E-state index is 0.716. The van der Waals surface area contributed by atoms with Crippen LogP contribution in [0.25, 0.3) is 0 Å². The van der Waals surface area contributed by atoms with Gasteiger partial charge in [-0.2, -0.15) is 0 Å². The van der Waals surface area contributed by atoms with E-state index in [1.165, 1.54) is 16.9 Å². The van der Waals surface area contributed by atoms with E-state index in [-0.39, 0.29) is 0 Å². The van der Waals surface area contributed by atoms with E-state index in [1.54, 1.807) is 6.07 Å². The van der Waals surface area contributed by atoms with E-state index in [0.29, 0.717) is 4.88 Å². The first-order valence-corrected chi connectivity index (χ1v) is 5.73. The predicted octanol–water partition coefficient (Wildman–Crippen LogP) is 3.27. The van der Waals surface area contributed by atoms with Gasteiger partial charge < -0.3 is 0 Å². The summed E-state index contributed by atoms with van der Waals surface area (Å²) in [6.45, 7) is 2.05. The molecule has 2 rings (SSSR count). The number of carbonyl (C=O) groups is 1. The van der Waals surface area contributed by atoms with Crippen molar-refractivity contribution in [2.75, 3.05) is 0 Å². The SMILES string of the molecule is Cc1ccc(C#Cc2ccc(C=O)s2)cc1. The van der Waals surface area contributed by atoms with Gasteiger partial charge in [-0.15, -0.1) is 11.3 Å². The van der Waals surface area contributed by atoms with E-state index in [9.17, 15) is 4.79 Å². The molecule has 0 unspecified atom stereocenters. The maximum absolute atomic E-state index is 10.5. The van der Waals surface area contributed by atoms with Crippen LogP contribution in [0.5, 0.6) is 0 Å². The van der Waals surface area contributed by atoms with Crippen LogP contribution in [-0.2, 0) is 0 Å². The van der Waals surface area contributed by atoms with Gasteiger partial charge in [-0.05, 0) is 31.2 Å². The molecular weight excluding hydrogens is 216 g/mol. The van der Waals surface area contributed by atoms with Crippen molar-refractivity contribution >= 4 is 17.6 Å². The minimum Gasteiger partial charge on any atom is -0.297 e. The molecule has 2 heteroatoms. The summed E-state index contributed by atoms with van der Waals surface area (Å²) in [7, 11) is 0. The monoisotopic (exact) mass is 226 g/mol. The van der Waals surface area contributed by atoms with E-state index in [1.807, 2.05) is 37.3 Å². The van der Waals surface area contributed by atoms with Gasteiger partial charge in [-0.25, -0.2) is 0 Å². The van der Waals surface area contributed by atoms with E-state index in [2.05, 4.69) is 11.8 Å². The molecule has 0 saturated heterocycles. The molecule has 0 aliphatic rings. The summed E-state index contributed by atoms with van der Waals surface area (Å²) in [5.41, 5.74) is 2.22. The zero-order valence-corrected chi connectivity index (χ0v) is 9.67. The Balaban J connectivity index is 2.21. The van der Waals surface area contributed by atoms with Crippen molar-refractivity contribution in [1.82, 2.24) is 0 Å². The number of hydrogen-bond donors (Lipinski definition) is 0. The van der Waals surface area contributed by atoms with Crippen molar-refractivity contribution in [2.24, 2.45) is 0 Å². The minimum atomic E-state index is 0.716. The van der Waals surface area contributed by atoms with Crippen molar-refractivity contribution in [3.8, 4) is 11.8 Å². The molecule has 0 saturated carbocycles. The smallest absolute Gasteiger partial charge is 0.160 e. The maximum atomic E-state index is 10.5. The Bertz CT molecular complexity index is 552. The highest BCUT2D eigenvalue weighted by Gasteiger charge is 1.94.